The summed E-state index contributed by atoms with van der Waals surface area (Å²) in [5.41, 5.74) is 0.560. The Balaban J connectivity index is 1.79. The molecule has 0 aromatic carbocycles. The van der Waals surface area contributed by atoms with E-state index in [1.54, 1.807) is 0 Å². The predicted molar refractivity (Wildman–Crippen MR) is 71.3 cm³/mol. The monoisotopic (exact) mass is 240 g/mol. The first-order chi connectivity index (χ1) is 7.89. The van der Waals surface area contributed by atoms with Crippen molar-refractivity contribution >= 4 is 0 Å². The first kappa shape index (κ1) is 13.3. The van der Waals surface area contributed by atoms with E-state index in [9.17, 15) is 0 Å². The van der Waals surface area contributed by atoms with Gasteiger partial charge in [-0.3, -0.25) is 4.90 Å². The van der Waals surface area contributed by atoms with Gasteiger partial charge in [0.15, 0.2) is 0 Å². The van der Waals surface area contributed by atoms with Crippen molar-refractivity contribution in [3.05, 3.63) is 0 Å². The Hall–Kier alpha value is -0.120. The summed E-state index contributed by atoms with van der Waals surface area (Å²) in [7, 11) is 0. The molecule has 0 aromatic heterocycles. The van der Waals surface area contributed by atoms with E-state index in [0.29, 0.717) is 5.54 Å². The highest BCUT2D eigenvalue weighted by atomic mass is 16.5. The fraction of sp³-hybridized carbons (Fsp3) is 1.00. The molecule has 2 unspecified atom stereocenters. The molecule has 0 bridgehead atoms. The van der Waals surface area contributed by atoms with E-state index in [1.807, 2.05) is 0 Å². The van der Waals surface area contributed by atoms with Crippen LogP contribution >= 0.6 is 0 Å². The first-order valence-corrected chi connectivity index (χ1v) is 6.97. The van der Waals surface area contributed by atoms with Crippen LogP contribution in [0.2, 0.25) is 0 Å². The summed E-state index contributed by atoms with van der Waals surface area (Å²) in [6, 6.07) is 0. The second kappa shape index (κ2) is 4.87. The lowest BCUT2D eigenvalue weighted by Crippen LogP contribution is -2.46. The van der Waals surface area contributed by atoms with Gasteiger partial charge < -0.3 is 10.1 Å². The van der Waals surface area contributed by atoms with Crippen LogP contribution in [0.1, 0.15) is 40.5 Å². The number of rotatable bonds is 3. The van der Waals surface area contributed by atoms with Crippen molar-refractivity contribution < 1.29 is 4.74 Å². The molecule has 2 aliphatic rings. The van der Waals surface area contributed by atoms with E-state index in [1.165, 1.54) is 25.9 Å². The third-order valence-corrected chi connectivity index (χ3v) is 4.17. The fourth-order valence-electron chi connectivity index (χ4n) is 2.85. The molecule has 1 N–H and O–H groups in total. The third-order valence-electron chi connectivity index (χ3n) is 4.17. The Morgan fingerprint density at radius 1 is 1.41 bits per heavy atom. The number of ether oxygens (including phenoxy) is 1. The average Bonchev–Trinajstić information content (AvgIpc) is 2.83. The number of hydrogen-bond acceptors (Lipinski definition) is 3. The van der Waals surface area contributed by atoms with Gasteiger partial charge in [-0.25, -0.2) is 0 Å². The quantitative estimate of drug-likeness (QED) is 0.815. The van der Waals surface area contributed by atoms with E-state index in [-0.39, 0.29) is 5.54 Å². The Morgan fingerprint density at radius 3 is 2.76 bits per heavy atom. The SMILES string of the molecule is CC(C)(C)NCC1CCN(C2(C)CCOC2)C1. The normalized spacial score (nSPS) is 35.6. The van der Waals surface area contributed by atoms with E-state index in [4.69, 9.17) is 4.74 Å². The lowest BCUT2D eigenvalue weighted by Gasteiger charge is -2.34. The zero-order valence-corrected chi connectivity index (χ0v) is 11.9. The van der Waals surface area contributed by atoms with E-state index < -0.39 is 0 Å². The van der Waals surface area contributed by atoms with E-state index in [0.717, 1.165) is 25.7 Å². The zero-order chi connectivity index (χ0) is 12.5. The number of nitrogens with one attached hydrogen (secondary N) is 1. The van der Waals surface area contributed by atoms with Crippen LogP contribution in [0.4, 0.5) is 0 Å². The van der Waals surface area contributed by atoms with Crippen LogP contribution < -0.4 is 5.32 Å². The highest BCUT2D eigenvalue weighted by Gasteiger charge is 2.39. The van der Waals surface area contributed by atoms with E-state index >= 15 is 0 Å². The van der Waals surface area contributed by atoms with Crippen molar-refractivity contribution in [3.8, 4) is 0 Å². The average molecular weight is 240 g/mol. The summed E-state index contributed by atoms with van der Waals surface area (Å²) in [6.45, 7) is 14.6. The minimum absolute atomic E-state index is 0.244. The van der Waals surface area contributed by atoms with Crippen LogP contribution in [-0.4, -0.2) is 48.8 Å². The number of likely N-dealkylation sites (tertiary alicyclic amines) is 1. The van der Waals surface area contributed by atoms with Gasteiger partial charge in [0.25, 0.3) is 0 Å². The Kier molecular flexibility index (Phi) is 3.81. The van der Waals surface area contributed by atoms with Crippen molar-refractivity contribution in [1.29, 1.82) is 0 Å². The van der Waals surface area contributed by atoms with Crippen LogP contribution in [0.15, 0.2) is 0 Å². The molecule has 0 spiro atoms. The molecule has 2 saturated heterocycles. The Morgan fingerprint density at radius 2 is 2.18 bits per heavy atom. The van der Waals surface area contributed by atoms with Gasteiger partial charge in [-0.05, 0) is 59.5 Å². The van der Waals surface area contributed by atoms with Gasteiger partial charge in [-0.15, -0.1) is 0 Å². The largest absolute Gasteiger partial charge is 0.379 e. The van der Waals surface area contributed by atoms with Gasteiger partial charge in [0.05, 0.1) is 6.61 Å². The molecule has 2 atom stereocenters. The molecule has 2 fully saturated rings. The molecule has 3 heteroatoms. The van der Waals surface area contributed by atoms with Crippen molar-refractivity contribution in [2.45, 2.75) is 51.6 Å². The molecule has 0 aliphatic carbocycles. The summed E-state index contributed by atoms with van der Waals surface area (Å²) < 4.78 is 5.56. The maximum absolute atomic E-state index is 5.56. The van der Waals surface area contributed by atoms with Crippen molar-refractivity contribution in [2.75, 3.05) is 32.8 Å². The summed E-state index contributed by atoms with van der Waals surface area (Å²) >= 11 is 0. The minimum atomic E-state index is 0.244. The van der Waals surface area contributed by atoms with E-state index in [2.05, 4.69) is 37.9 Å². The van der Waals surface area contributed by atoms with Gasteiger partial charge in [0, 0.05) is 24.2 Å². The number of hydrogen-bond donors (Lipinski definition) is 1. The lowest BCUT2D eigenvalue weighted by molar-refractivity contribution is 0.0966. The van der Waals surface area contributed by atoms with Crippen molar-refractivity contribution in [3.63, 3.8) is 0 Å². The fourth-order valence-corrected chi connectivity index (χ4v) is 2.85. The molecule has 17 heavy (non-hydrogen) atoms. The zero-order valence-electron chi connectivity index (χ0n) is 11.9. The van der Waals surface area contributed by atoms with Crippen LogP contribution in [0.25, 0.3) is 0 Å². The third kappa shape index (κ3) is 3.43. The maximum Gasteiger partial charge on any atom is 0.0648 e. The minimum Gasteiger partial charge on any atom is -0.379 e. The molecule has 0 radical (unpaired) electrons. The molecular formula is C14H28N2O. The lowest BCUT2D eigenvalue weighted by atomic mass is 9.99. The maximum atomic E-state index is 5.56. The van der Waals surface area contributed by atoms with Crippen LogP contribution in [0, 0.1) is 5.92 Å². The molecule has 2 aliphatic heterocycles. The molecule has 2 heterocycles. The van der Waals surface area contributed by atoms with Crippen LogP contribution in [-0.2, 0) is 4.74 Å². The highest BCUT2D eigenvalue weighted by Crippen LogP contribution is 2.31. The smallest absolute Gasteiger partial charge is 0.0648 e. The summed E-state index contributed by atoms with van der Waals surface area (Å²) in [6.07, 6.45) is 2.53. The second-order valence-electron chi connectivity index (χ2n) is 7.03. The molecule has 100 valence electrons. The van der Waals surface area contributed by atoms with Gasteiger partial charge in [0.1, 0.15) is 0 Å². The second-order valence-corrected chi connectivity index (χ2v) is 7.03. The molecule has 0 aromatic rings. The van der Waals surface area contributed by atoms with Crippen LogP contribution in [0.3, 0.4) is 0 Å². The van der Waals surface area contributed by atoms with Crippen molar-refractivity contribution in [2.24, 2.45) is 5.92 Å². The molecular weight excluding hydrogens is 212 g/mol. The summed E-state index contributed by atoms with van der Waals surface area (Å²) in [4.78, 5) is 2.65. The van der Waals surface area contributed by atoms with Crippen LogP contribution in [0.5, 0.6) is 0 Å². The summed E-state index contributed by atoms with van der Waals surface area (Å²) in [5, 5.41) is 3.63. The van der Waals surface area contributed by atoms with Gasteiger partial charge in [-0.1, -0.05) is 0 Å². The standard InChI is InChI=1S/C14H28N2O/c1-13(2,3)15-9-12-5-7-16(10-12)14(4)6-8-17-11-14/h12,15H,5-11H2,1-4H3. The molecule has 0 saturated carbocycles. The topological polar surface area (TPSA) is 24.5 Å². The predicted octanol–water partition coefficient (Wildman–Crippen LogP) is 1.88. The van der Waals surface area contributed by atoms with Gasteiger partial charge in [0.2, 0.25) is 0 Å². The van der Waals surface area contributed by atoms with Gasteiger partial charge >= 0.3 is 0 Å². The van der Waals surface area contributed by atoms with Crippen molar-refractivity contribution in [1.82, 2.24) is 10.2 Å². The first-order valence-electron chi connectivity index (χ1n) is 6.97. The van der Waals surface area contributed by atoms with Gasteiger partial charge in [-0.2, -0.15) is 0 Å². The molecule has 0 amide bonds. The Labute approximate surface area is 106 Å². The molecule has 3 nitrogen and oxygen atoms in total. The number of nitrogens with zero attached hydrogens (tertiary/aromatic N) is 1. The summed E-state index contributed by atoms with van der Waals surface area (Å²) in [5.74, 6) is 0.812. The Bertz CT molecular complexity index is 253. The highest BCUT2D eigenvalue weighted by molar-refractivity contribution is 4.94. The molecule has 2 rings (SSSR count).